The first-order valence-corrected chi connectivity index (χ1v) is 7.57. The third kappa shape index (κ3) is 3.69. The monoisotopic (exact) mass is 239 g/mol. The van der Waals surface area contributed by atoms with Crippen LogP contribution in [-0.2, 0) is 0 Å². The highest BCUT2D eigenvalue weighted by molar-refractivity contribution is 4.81. The quantitative estimate of drug-likeness (QED) is 0.818. The van der Waals surface area contributed by atoms with E-state index >= 15 is 0 Å². The van der Waals surface area contributed by atoms with Crippen molar-refractivity contribution < 1.29 is 5.11 Å². The Labute approximate surface area is 106 Å². The Morgan fingerprint density at radius 2 is 1.88 bits per heavy atom. The van der Waals surface area contributed by atoms with Gasteiger partial charge < -0.3 is 10.0 Å². The van der Waals surface area contributed by atoms with E-state index in [4.69, 9.17) is 0 Å². The average molecular weight is 239 g/mol. The predicted molar refractivity (Wildman–Crippen MR) is 72.0 cm³/mol. The van der Waals surface area contributed by atoms with Gasteiger partial charge in [-0.2, -0.15) is 0 Å². The van der Waals surface area contributed by atoms with Crippen LogP contribution in [-0.4, -0.2) is 35.7 Å². The molecule has 1 aliphatic carbocycles. The minimum Gasteiger partial charge on any atom is -0.393 e. The van der Waals surface area contributed by atoms with E-state index in [2.05, 4.69) is 18.7 Å². The standard InChI is InChI=1S/C15H29NO/c1-12(2)13-6-4-9-16(10-8-13)11-14-5-3-7-15(14)17/h12-15,17H,3-11H2,1-2H3. The molecule has 1 heterocycles. The Morgan fingerprint density at radius 3 is 2.53 bits per heavy atom. The molecule has 2 heteroatoms. The fourth-order valence-corrected chi connectivity index (χ4v) is 3.59. The first-order valence-electron chi connectivity index (χ1n) is 7.57. The van der Waals surface area contributed by atoms with Crippen molar-refractivity contribution in [3.05, 3.63) is 0 Å². The lowest BCUT2D eigenvalue weighted by atomic mass is 9.89. The van der Waals surface area contributed by atoms with Gasteiger partial charge in [0.2, 0.25) is 0 Å². The van der Waals surface area contributed by atoms with Gasteiger partial charge >= 0.3 is 0 Å². The Morgan fingerprint density at radius 1 is 1.06 bits per heavy atom. The molecule has 1 aliphatic heterocycles. The van der Waals surface area contributed by atoms with Gasteiger partial charge in [-0.05, 0) is 62.9 Å². The van der Waals surface area contributed by atoms with Crippen LogP contribution in [0.2, 0.25) is 0 Å². The number of rotatable bonds is 3. The molecule has 3 unspecified atom stereocenters. The van der Waals surface area contributed by atoms with Gasteiger partial charge in [0.05, 0.1) is 6.10 Å². The highest BCUT2D eigenvalue weighted by atomic mass is 16.3. The third-order valence-electron chi connectivity index (χ3n) is 4.92. The fraction of sp³-hybridized carbons (Fsp3) is 1.00. The summed E-state index contributed by atoms with van der Waals surface area (Å²) in [5.74, 6) is 2.33. The van der Waals surface area contributed by atoms with Crippen molar-refractivity contribution in [1.29, 1.82) is 0 Å². The molecule has 100 valence electrons. The van der Waals surface area contributed by atoms with Gasteiger partial charge in [0, 0.05) is 6.54 Å². The Balaban J connectivity index is 1.78. The summed E-state index contributed by atoms with van der Waals surface area (Å²) >= 11 is 0. The molecular weight excluding hydrogens is 210 g/mol. The van der Waals surface area contributed by atoms with Crippen molar-refractivity contribution in [2.45, 2.75) is 58.5 Å². The second kappa shape index (κ2) is 6.19. The largest absolute Gasteiger partial charge is 0.393 e. The van der Waals surface area contributed by atoms with Gasteiger partial charge in [0.1, 0.15) is 0 Å². The summed E-state index contributed by atoms with van der Waals surface area (Å²) in [5.41, 5.74) is 0. The normalized spacial score (nSPS) is 36.4. The highest BCUT2D eigenvalue weighted by Gasteiger charge is 2.28. The van der Waals surface area contributed by atoms with E-state index in [1.807, 2.05) is 0 Å². The average Bonchev–Trinajstić information content (AvgIpc) is 2.55. The second-order valence-corrected chi connectivity index (χ2v) is 6.49. The molecule has 3 atom stereocenters. The van der Waals surface area contributed by atoms with Crippen molar-refractivity contribution in [2.75, 3.05) is 19.6 Å². The van der Waals surface area contributed by atoms with Crippen LogP contribution < -0.4 is 0 Å². The van der Waals surface area contributed by atoms with E-state index in [1.165, 1.54) is 45.2 Å². The molecule has 1 N–H and O–H groups in total. The lowest BCUT2D eigenvalue weighted by Crippen LogP contribution is -2.33. The van der Waals surface area contributed by atoms with Crippen LogP contribution in [0.25, 0.3) is 0 Å². The number of aliphatic hydroxyl groups excluding tert-OH is 1. The molecule has 1 saturated heterocycles. The van der Waals surface area contributed by atoms with Gasteiger partial charge in [-0.3, -0.25) is 0 Å². The smallest absolute Gasteiger partial charge is 0.0580 e. The number of hydrogen-bond acceptors (Lipinski definition) is 2. The van der Waals surface area contributed by atoms with E-state index in [0.717, 1.165) is 24.8 Å². The predicted octanol–water partition coefficient (Wildman–Crippen LogP) is 2.91. The van der Waals surface area contributed by atoms with E-state index in [-0.39, 0.29) is 6.10 Å². The number of likely N-dealkylation sites (tertiary alicyclic amines) is 1. The molecule has 0 radical (unpaired) electrons. The highest BCUT2D eigenvalue weighted by Crippen LogP contribution is 2.29. The minimum atomic E-state index is -0.0147. The summed E-state index contributed by atoms with van der Waals surface area (Å²) in [6.45, 7) is 8.38. The Bertz CT molecular complexity index is 229. The number of nitrogens with zero attached hydrogens (tertiary/aromatic N) is 1. The molecule has 2 rings (SSSR count). The topological polar surface area (TPSA) is 23.5 Å². The minimum absolute atomic E-state index is 0.0147. The van der Waals surface area contributed by atoms with Gasteiger partial charge in [-0.25, -0.2) is 0 Å². The molecule has 2 fully saturated rings. The first kappa shape index (κ1) is 13.4. The summed E-state index contributed by atoms with van der Waals surface area (Å²) in [5, 5.41) is 9.90. The van der Waals surface area contributed by atoms with Gasteiger partial charge in [0.25, 0.3) is 0 Å². The van der Waals surface area contributed by atoms with Gasteiger partial charge in [0.15, 0.2) is 0 Å². The summed E-state index contributed by atoms with van der Waals surface area (Å²) in [4.78, 5) is 2.61. The summed E-state index contributed by atoms with van der Waals surface area (Å²) in [6.07, 6.45) is 7.61. The van der Waals surface area contributed by atoms with Crippen molar-refractivity contribution in [2.24, 2.45) is 17.8 Å². The molecule has 1 saturated carbocycles. The molecule has 0 aromatic carbocycles. The molecule has 0 aromatic heterocycles. The molecule has 2 aliphatic rings. The zero-order chi connectivity index (χ0) is 12.3. The van der Waals surface area contributed by atoms with Gasteiger partial charge in [-0.15, -0.1) is 0 Å². The lowest BCUT2D eigenvalue weighted by Gasteiger charge is -2.26. The third-order valence-corrected chi connectivity index (χ3v) is 4.92. The van der Waals surface area contributed by atoms with Crippen LogP contribution in [0.5, 0.6) is 0 Å². The van der Waals surface area contributed by atoms with Gasteiger partial charge in [-0.1, -0.05) is 20.3 Å². The molecule has 0 spiro atoms. The zero-order valence-electron chi connectivity index (χ0n) is 11.6. The Hall–Kier alpha value is -0.0800. The lowest BCUT2D eigenvalue weighted by molar-refractivity contribution is 0.102. The van der Waals surface area contributed by atoms with E-state index in [0.29, 0.717) is 5.92 Å². The maximum absolute atomic E-state index is 9.90. The van der Waals surface area contributed by atoms with Crippen molar-refractivity contribution >= 4 is 0 Å². The first-order chi connectivity index (χ1) is 8.16. The van der Waals surface area contributed by atoms with Crippen LogP contribution in [0, 0.1) is 17.8 Å². The number of hydrogen-bond donors (Lipinski definition) is 1. The maximum Gasteiger partial charge on any atom is 0.0580 e. The summed E-state index contributed by atoms with van der Waals surface area (Å²) < 4.78 is 0. The summed E-state index contributed by atoms with van der Waals surface area (Å²) in [6, 6.07) is 0. The SMILES string of the molecule is CC(C)C1CCCN(CC2CCCC2O)CC1. The molecule has 17 heavy (non-hydrogen) atoms. The van der Waals surface area contributed by atoms with Crippen molar-refractivity contribution in [3.63, 3.8) is 0 Å². The van der Waals surface area contributed by atoms with E-state index in [9.17, 15) is 5.11 Å². The Kier molecular flexibility index (Phi) is 4.87. The molecule has 0 amide bonds. The molecule has 0 bridgehead atoms. The fourth-order valence-electron chi connectivity index (χ4n) is 3.59. The second-order valence-electron chi connectivity index (χ2n) is 6.49. The molecule has 2 nitrogen and oxygen atoms in total. The molecule has 0 aromatic rings. The van der Waals surface area contributed by atoms with Crippen LogP contribution in [0.4, 0.5) is 0 Å². The van der Waals surface area contributed by atoms with Crippen LogP contribution >= 0.6 is 0 Å². The van der Waals surface area contributed by atoms with Crippen molar-refractivity contribution in [1.82, 2.24) is 4.90 Å². The van der Waals surface area contributed by atoms with Crippen LogP contribution in [0.1, 0.15) is 52.4 Å². The van der Waals surface area contributed by atoms with Crippen molar-refractivity contribution in [3.8, 4) is 0 Å². The van der Waals surface area contributed by atoms with Crippen LogP contribution in [0.15, 0.2) is 0 Å². The van der Waals surface area contributed by atoms with E-state index < -0.39 is 0 Å². The zero-order valence-corrected chi connectivity index (χ0v) is 11.6. The van der Waals surface area contributed by atoms with Crippen LogP contribution in [0.3, 0.4) is 0 Å². The molecular formula is C15H29NO. The number of aliphatic hydroxyl groups is 1. The summed E-state index contributed by atoms with van der Waals surface area (Å²) in [7, 11) is 0. The van der Waals surface area contributed by atoms with E-state index in [1.54, 1.807) is 0 Å². The maximum atomic E-state index is 9.90.